The third-order valence-corrected chi connectivity index (χ3v) is 5.38. The Morgan fingerprint density at radius 1 is 1.18 bits per heavy atom. The van der Waals surface area contributed by atoms with Crippen LogP contribution in [0.4, 0.5) is 0 Å². The van der Waals surface area contributed by atoms with E-state index in [1.807, 2.05) is 17.0 Å². The molecule has 0 N–H and O–H groups in total. The van der Waals surface area contributed by atoms with E-state index in [4.69, 9.17) is 4.74 Å². The average Bonchev–Trinajstić information content (AvgIpc) is 2.61. The van der Waals surface area contributed by atoms with Gasteiger partial charge in [-0.25, -0.2) is 0 Å². The van der Waals surface area contributed by atoms with Crippen LogP contribution in [-0.4, -0.2) is 71.9 Å². The fraction of sp³-hybridized carbons (Fsp3) is 0.625. The summed E-state index contributed by atoms with van der Waals surface area (Å²) in [4.78, 5) is 21.9. The van der Waals surface area contributed by atoms with E-state index in [1.54, 1.807) is 24.2 Å². The Labute approximate surface area is 136 Å². The van der Waals surface area contributed by atoms with Crippen molar-refractivity contribution in [2.45, 2.75) is 23.8 Å². The highest BCUT2D eigenvalue weighted by Crippen LogP contribution is 2.19. The second kappa shape index (κ2) is 7.94. The van der Waals surface area contributed by atoms with E-state index in [1.165, 1.54) is 0 Å². The van der Waals surface area contributed by atoms with Gasteiger partial charge in [-0.05, 0) is 25.0 Å². The number of pyridine rings is 1. The lowest BCUT2D eigenvalue weighted by Gasteiger charge is -2.40. The van der Waals surface area contributed by atoms with E-state index in [0.29, 0.717) is 11.8 Å². The third-order valence-electron chi connectivity index (χ3n) is 4.39. The Balaban J connectivity index is 1.41. The maximum Gasteiger partial charge on any atom is 0.233 e. The maximum atomic E-state index is 12.3. The second-order valence-corrected chi connectivity index (χ2v) is 6.78. The van der Waals surface area contributed by atoms with Crippen molar-refractivity contribution >= 4 is 17.7 Å². The number of aromatic nitrogens is 1. The first-order valence-corrected chi connectivity index (χ1v) is 8.94. The minimum absolute atomic E-state index is 0.244. The van der Waals surface area contributed by atoms with E-state index in [2.05, 4.69) is 9.88 Å². The van der Waals surface area contributed by atoms with Crippen molar-refractivity contribution in [3.05, 3.63) is 24.5 Å². The first-order valence-electron chi connectivity index (χ1n) is 7.95. The lowest BCUT2D eigenvalue weighted by atomic mass is 10.1. The summed E-state index contributed by atoms with van der Waals surface area (Å²) in [5.74, 6) is 0.759. The molecular weight excluding hydrogens is 298 g/mol. The normalized spacial score (nSPS) is 21.0. The van der Waals surface area contributed by atoms with Gasteiger partial charge in [-0.3, -0.25) is 14.7 Å². The zero-order chi connectivity index (χ0) is 15.2. The second-order valence-electron chi connectivity index (χ2n) is 5.73. The van der Waals surface area contributed by atoms with Crippen molar-refractivity contribution in [2.75, 3.05) is 45.1 Å². The molecule has 1 aromatic heterocycles. The summed E-state index contributed by atoms with van der Waals surface area (Å²) in [6.07, 6.45) is 5.79. The molecule has 0 bridgehead atoms. The van der Waals surface area contributed by atoms with Crippen molar-refractivity contribution in [1.82, 2.24) is 14.8 Å². The van der Waals surface area contributed by atoms with Crippen molar-refractivity contribution in [3.8, 4) is 0 Å². The molecule has 22 heavy (non-hydrogen) atoms. The Hall–Kier alpha value is -1.11. The van der Waals surface area contributed by atoms with E-state index in [9.17, 15) is 4.79 Å². The van der Waals surface area contributed by atoms with Gasteiger partial charge in [0.25, 0.3) is 0 Å². The van der Waals surface area contributed by atoms with E-state index < -0.39 is 0 Å². The molecule has 0 unspecified atom stereocenters. The van der Waals surface area contributed by atoms with Crippen LogP contribution in [0.25, 0.3) is 0 Å². The number of carbonyl (C=O) groups excluding carboxylic acids is 1. The molecule has 120 valence electrons. The van der Waals surface area contributed by atoms with Gasteiger partial charge in [0, 0.05) is 62.7 Å². The Kier molecular flexibility index (Phi) is 5.70. The Morgan fingerprint density at radius 3 is 2.55 bits per heavy atom. The van der Waals surface area contributed by atoms with Gasteiger partial charge in [0.1, 0.15) is 0 Å². The number of nitrogens with zero attached hydrogens (tertiary/aromatic N) is 3. The lowest BCUT2D eigenvalue weighted by Crippen LogP contribution is -2.53. The molecule has 3 rings (SSSR count). The number of hydrogen-bond acceptors (Lipinski definition) is 5. The third kappa shape index (κ3) is 4.21. The molecule has 2 aliphatic heterocycles. The Morgan fingerprint density at radius 2 is 1.86 bits per heavy atom. The molecule has 0 saturated carbocycles. The Bertz CT molecular complexity index is 472. The summed E-state index contributed by atoms with van der Waals surface area (Å²) in [6, 6.07) is 4.54. The summed E-state index contributed by atoms with van der Waals surface area (Å²) >= 11 is 1.59. The summed E-state index contributed by atoms with van der Waals surface area (Å²) in [5, 5.41) is 0. The number of amides is 1. The molecule has 2 aliphatic rings. The van der Waals surface area contributed by atoms with Gasteiger partial charge in [0.15, 0.2) is 0 Å². The van der Waals surface area contributed by atoms with Gasteiger partial charge in [-0.1, -0.05) is 0 Å². The van der Waals surface area contributed by atoms with Crippen molar-refractivity contribution < 1.29 is 9.53 Å². The van der Waals surface area contributed by atoms with Crippen LogP contribution < -0.4 is 0 Å². The molecule has 0 spiro atoms. The molecule has 6 heteroatoms. The monoisotopic (exact) mass is 321 g/mol. The van der Waals surface area contributed by atoms with E-state index in [0.717, 1.165) is 57.1 Å². The number of rotatable bonds is 4. The zero-order valence-corrected chi connectivity index (χ0v) is 13.6. The predicted octanol–water partition coefficient (Wildman–Crippen LogP) is 1.50. The standard InChI is InChI=1S/C16H23N3O2S/c20-16(13-22-15-1-5-17-6-2-15)19-9-7-18(8-10-19)14-3-11-21-12-4-14/h1-2,5-6,14H,3-4,7-13H2. The summed E-state index contributed by atoms with van der Waals surface area (Å²) in [7, 11) is 0. The maximum absolute atomic E-state index is 12.3. The van der Waals surface area contributed by atoms with Crippen LogP contribution in [-0.2, 0) is 9.53 Å². The average molecular weight is 321 g/mol. The van der Waals surface area contributed by atoms with Gasteiger partial charge in [0.05, 0.1) is 5.75 Å². The highest BCUT2D eigenvalue weighted by molar-refractivity contribution is 8.00. The number of thioether (sulfide) groups is 1. The van der Waals surface area contributed by atoms with Gasteiger partial charge in [-0.15, -0.1) is 11.8 Å². The molecule has 0 aliphatic carbocycles. The van der Waals surface area contributed by atoms with Crippen LogP contribution in [0.1, 0.15) is 12.8 Å². The minimum atomic E-state index is 0.244. The van der Waals surface area contributed by atoms with Crippen molar-refractivity contribution in [2.24, 2.45) is 0 Å². The number of ether oxygens (including phenoxy) is 1. The molecule has 5 nitrogen and oxygen atoms in total. The lowest BCUT2D eigenvalue weighted by molar-refractivity contribution is -0.130. The van der Waals surface area contributed by atoms with Crippen molar-refractivity contribution in [1.29, 1.82) is 0 Å². The van der Waals surface area contributed by atoms with Crippen LogP contribution in [0.2, 0.25) is 0 Å². The SMILES string of the molecule is O=C(CSc1ccncc1)N1CCN(C2CCOCC2)CC1. The predicted molar refractivity (Wildman–Crippen MR) is 87.0 cm³/mol. The molecule has 2 fully saturated rings. The van der Waals surface area contributed by atoms with Crippen LogP contribution in [0.3, 0.4) is 0 Å². The minimum Gasteiger partial charge on any atom is -0.381 e. The molecule has 3 heterocycles. The van der Waals surface area contributed by atoms with Gasteiger partial charge in [-0.2, -0.15) is 0 Å². The number of piperazine rings is 1. The van der Waals surface area contributed by atoms with Crippen LogP contribution in [0.5, 0.6) is 0 Å². The smallest absolute Gasteiger partial charge is 0.233 e. The fourth-order valence-corrected chi connectivity index (χ4v) is 3.84. The van der Waals surface area contributed by atoms with Crippen LogP contribution in [0, 0.1) is 0 Å². The van der Waals surface area contributed by atoms with E-state index in [-0.39, 0.29) is 5.91 Å². The molecule has 1 amide bonds. The van der Waals surface area contributed by atoms with Gasteiger partial charge >= 0.3 is 0 Å². The highest BCUT2D eigenvalue weighted by Gasteiger charge is 2.27. The molecule has 0 radical (unpaired) electrons. The molecule has 1 aromatic rings. The molecule has 2 saturated heterocycles. The zero-order valence-electron chi connectivity index (χ0n) is 12.8. The van der Waals surface area contributed by atoms with Crippen LogP contribution >= 0.6 is 11.8 Å². The van der Waals surface area contributed by atoms with Gasteiger partial charge < -0.3 is 9.64 Å². The summed E-state index contributed by atoms with van der Waals surface area (Å²) < 4.78 is 5.43. The quantitative estimate of drug-likeness (QED) is 0.787. The molecule has 0 atom stereocenters. The summed E-state index contributed by atoms with van der Waals surface area (Å²) in [6.45, 7) is 5.46. The number of carbonyl (C=O) groups is 1. The highest BCUT2D eigenvalue weighted by atomic mass is 32.2. The molecular formula is C16H23N3O2S. The van der Waals surface area contributed by atoms with Crippen LogP contribution in [0.15, 0.2) is 29.4 Å². The first-order chi connectivity index (χ1) is 10.8. The molecule has 0 aromatic carbocycles. The fourth-order valence-electron chi connectivity index (χ4n) is 3.06. The summed E-state index contributed by atoms with van der Waals surface area (Å²) in [5.41, 5.74) is 0. The largest absolute Gasteiger partial charge is 0.381 e. The van der Waals surface area contributed by atoms with Crippen molar-refractivity contribution in [3.63, 3.8) is 0 Å². The van der Waals surface area contributed by atoms with E-state index >= 15 is 0 Å². The van der Waals surface area contributed by atoms with Gasteiger partial charge in [0.2, 0.25) is 5.91 Å². The first kappa shape index (κ1) is 15.8. The topological polar surface area (TPSA) is 45.7 Å². The number of hydrogen-bond donors (Lipinski definition) is 0.